The molecule has 4 aromatic heterocycles. The van der Waals surface area contributed by atoms with Gasteiger partial charge in [0, 0.05) is 23.4 Å². The van der Waals surface area contributed by atoms with Crippen molar-refractivity contribution in [2.24, 2.45) is 0 Å². The molecule has 1 N–H and O–H groups in total. The Morgan fingerprint density at radius 2 is 2.03 bits per heavy atom. The number of benzene rings is 1. The molecule has 0 aliphatic heterocycles. The zero-order valence-corrected chi connectivity index (χ0v) is 16.5. The molecule has 4 heterocycles. The van der Waals surface area contributed by atoms with E-state index in [-0.39, 0.29) is 6.61 Å². The number of hydrogen-bond acceptors (Lipinski definition) is 9. The van der Waals surface area contributed by atoms with Gasteiger partial charge in [0.25, 0.3) is 0 Å². The van der Waals surface area contributed by atoms with Crippen LogP contribution in [0.4, 0.5) is 0 Å². The van der Waals surface area contributed by atoms with E-state index in [0.717, 1.165) is 17.3 Å². The van der Waals surface area contributed by atoms with E-state index in [1.165, 1.54) is 6.33 Å². The number of aryl methyl sites for hydroxylation is 1. The third kappa shape index (κ3) is 3.14. The van der Waals surface area contributed by atoms with Gasteiger partial charge in [-0.1, -0.05) is 23.4 Å². The topological polar surface area (TPSA) is 121 Å². The average molecular weight is 405 g/mol. The fourth-order valence-corrected chi connectivity index (χ4v) is 3.23. The number of aromatic nitrogens is 8. The third-order valence-corrected chi connectivity index (χ3v) is 4.69. The molecular weight excluding hydrogens is 386 g/mol. The van der Waals surface area contributed by atoms with Crippen molar-refractivity contribution >= 4 is 16.4 Å². The van der Waals surface area contributed by atoms with Crippen molar-refractivity contribution in [3.8, 4) is 17.4 Å². The van der Waals surface area contributed by atoms with Gasteiger partial charge in [0.15, 0.2) is 17.2 Å². The highest BCUT2D eigenvalue weighted by Gasteiger charge is 2.18. The summed E-state index contributed by atoms with van der Waals surface area (Å²) in [6.45, 7) is 3.53. The van der Waals surface area contributed by atoms with Gasteiger partial charge < -0.3 is 14.6 Å². The standard InChI is InChI=1S/C19H19N9O2/c1-12-9-15(26-30-12)18-24-23-17-13-5-3-4-6-14(13)19(25-28(17)18)29-10-16-21-11-22-27(16)8-7-20-2/h3-6,9,11,20H,7-8,10H2,1-2H3. The van der Waals surface area contributed by atoms with Crippen molar-refractivity contribution in [3.63, 3.8) is 0 Å². The summed E-state index contributed by atoms with van der Waals surface area (Å²) in [4.78, 5) is 4.30. The Hall–Kier alpha value is -3.86. The third-order valence-electron chi connectivity index (χ3n) is 4.69. The molecule has 1 aromatic carbocycles. The highest BCUT2D eigenvalue weighted by molar-refractivity contribution is 5.96. The number of nitrogens with one attached hydrogen (secondary N) is 1. The second kappa shape index (κ2) is 7.52. The SMILES string of the molecule is CNCCn1ncnc1COc1nn2c(-c3cc(C)on3)nnc2c2ccccc12. The van der Waals surface area contributed by atoms with E-state index >= 15 is 0 Å². The van der Waals surface area contributed by atoms with Crippen LogP contribution in [-0.2, 0) is 13.2 Å². The van der Waals surface area contributed by atoms with Crippen LogP contribution in [0.2, 0.25) is 0 Å². The first-order valence-electron chi connectivity index (χ1n) is 9.46. The Morgan fingerprint density at radius 3 is 2.83 bits per heavy atom. The summed E-state index contributed by atoms with van der Waals surface area (Å²) in [5, 5.41) is 26.3. The van der Waals surface area contributed by atoms with Crippen LogP contribution in [0, 0.1) is 6.92 Å². The molecule has 5 aromatic rings. The summed E-state index contributed by atoms with van der Waals surface area (Å²) in [5.41, 5.74) is 1.17. The normalized spacial score (nSPS) is 11.5. The molecule has 0 aliphatic rings. The summed E-state index contributed by atoms with van der Waals surface area (Å²) in [6.07, 6.45) is 1.52. The maximum absolute atomic E-state index is 6.08. The zero-order chi connectivity index (χ0) is 20.5. The summed E-state index contributed by atoms with van der Waals surface area (Å²) < 4.78 is 14.7. The number of hydrogen-bond donors (Lipinski definition) is 1. The van der Waals surface area contributed by atoms with Crippen LogP contribution >= 0.6 is 0 Å². The molecule has 0 fully saturated rings. The Balaban J connectivity index is 1.56. The summed E-state index contributed by atoms with van der Waals surface area (Å²) >= 11 is 0. The summed E-state index contributed by atoms with van der Waals surface area (Å²) in [5.74, 6) is 2.32. The lowest BCUT2D eigenvalue weighted by Crippen LogP contribution is -2.18. The summed E-state index contributed by atoms with van der Waals surface area (Å²) in [7, 11) is 1.89. The van der Waals surface area contributed by atoms with Crippen LogP contribution in [0.5, 0.6) is 5.88 Å². The highest BCUT2D eigenvalue weighted by atomic mass is 16.5. The molecule has 0 amide bonds. The molecule has 0 unspecified atom stereocenters. The summed E-state index contributed by atoms with van der Waals surface area (Å²) in [6, 6.07) is 9.56. The van der Waals surface area contributed by atoms with E-state index in [4.69, 9.17) is 9.26 Å². The maximum atomic E-state index is 6.08. The maximum Gasteiger partial charge on any atom is 0.240 e. The van der Waals surface area contributed by atoms with E-state index in [9.17, 15) is 0 Å². The Bertz CT molecular complexity index is 1320. The Labute approximate surface area is 170 Å². The number of likely N-dealkylation sites (N-methyl/N-ethyl adjacent to an activating group) is 1. The molecule has 0 spiro atoms. The van der Waals surface area contributed by atoms with Crippen LogP contribution in [-0.4, -0.2) is 53.3 Å². The fourth-order valence-electron chi connectivity index (χ4n) is 3.23. The van der Waals surface area contributed by atoms with Crippen LogP contribution in [0.1, 0.15) is 11.6 Å². The molecule has 0 saturated carbocycles. The van der Waals surface area contributed by atoms with Crippen molar-refractivity contribution in [1.82, 2.24) is 45.0 Å². The molecule has 0 bridgehead atoms. The first-order chi connectivity index (χ1) is 14.7. The zero-order valence-electron chi connectivity index (χ0n) is 16.5. The Kier molecular flexibility index (Phi) is 4.56. The molecular formula is C19H19N9O2. The van der Waals surface area contributed by atoms with Crippen molar-refractivity contribution < 1.29 is 9.26 Å². The van der Waals surface area contributed by atoms with Crippen LogP contribution in [0.15, 0.2) is 41.2 Å². The van der Waals surface area contributed by atoms with E-state index < -0.39 is 0 Å². The molecule has 11 heteroatoms. The van der Waals surface area contributed by atoms with Gasteiger partial charge in [-0.25, -0.2) is 9.67 Å². The first-order valence-corrected chi connectivity index (χ1v) is 9.46. The van der Waals surface area contributed by atoms with Gasteiger partial charge in [0.1, 0.15) is 18.7 Å². The van der Waals surface area contributed by atoms with Crippen LogP contribution < -0.4 is 10.1 Å². The van der Waals surface area contributed by atoms with Gasteiger partial charge in [0.05, 0.1) is 6.54 Å². The predicted octanol–water partition coefficient (Wildman–Crippen LogP) is 1.63. The van der Waals surface area contributed by atoms with Crippen molar-refractivity contribution in [2.45, 2.75) is 20.1 Å². The molecule has 152 valence electrons. The smallest absolute Gasteiger partial charge is 0.240 e. The average Bonchev–Trinajstić information content (AvgIpc) is 3.49. The highest BCUT2D eigenvalue weighted by Crippen LogP contribution is 2.29. The fraction of sp³-hybridized carbons (Fsp3) is 0.263. The number of fused-ring (bicyclic) bond motifs is 3. The van der Waals surface area contributed by atoms with E-state index in [1.807, 2.05) is 38.2 Å². The largest absolute Gasteiger partial charge is 0.468 e. The lowest BCUT2D eigenvalue weighted by Gasteiger charge is -2.10. The second-order valence-electron chi connectivity index (χ2n) is 6.72. The number of rotatable bonds is 7. The minimum Gasteiger partial charge on any atom is -0.468 e. The van der Waals surface area contributed by atoms with Crippen molar-refractivity contribution in [2.75, 3.05) is 13.6 Å². The molecule has 0 aliphatic carbocycles. The molecule has 5 rings (SSSR count). The van der Waals surface area contributed by atoms with Gasteiger partial charge in [-0.15, -0.1) is 15.3 Å². The van der Waals surface area contributed by atoms with Gasteiger partial charge in [-0.2, -0.15) is 9.61 Å². The van der Waals surface area contributed by atoms with E-state index in [0.29, 0.717) is 41.2 Å². The molecule has 0 radical (unpaired) electrons. The Morgan fingerprint density at radius 1 is 1.17 bits per heavy atom. The second-order valence-corrected chi connectivity index (χ2v) is 6.72. The van der Waals surface area contributed by atoms with Crippen LogP contribution in [0.25, 0.3) is 27.9 Å². The predicted molar refractivity (Wildman–Crippen MR) is 107 cm³/mol. The molecule has 11 nitrogen and oxygen atoms in total. The van der Waals surface area contributed by atoms with Gasteiger partial charge >= 0.3 is 0 Å². The number of nitrogens with zero attached hydrogens (tertiary/aromatic N) is 8. The van der Waals surface area contributed by atoms with E-state index in [1.54, 1.807) is 15.3 Å². The monoisotopic (exact) mass is 405 g/mol. The van der Waals surface area contributed by atoms with Gasteiger partial charge in [0.2, 0.25) is 11.7 Å². The lowest BCUT2D eigenvalue weighted by molar-refractivity contribution is 0.275. The van der Waals surface area contributed by atoms with Gasteiger partial charge in [-0.05, 0) is 20.0 Å². The minimum absolute atomic E-state index is 0.229. The number of ether oxygens (including phenoxy) is 1. The van der Waals surface area contributed by atoms with E-state index in [2.05, 4.69) is 35.9 Å². The minimum atomic E-state index is 0.229. The quantitative estimate of drug-likeness (QED) is 0.430. The first kappa shape index (κ1) is 18.2. The molecule has 30 heavy (non-hydrogen) atoms. The lowest BCUT2D eigenvalue weighted by atomic mass is 10.2. The molecule has 0 atom stereocenters. The van der Waals surface area contributed by atoms with Crippen molar-refractivity contribution in [1.29, 1.82) is 0 Å². The van der Waals surface area contributed by atoms with Gasteiger partial charge in [-0.3, -0.25) is 0 Å². The molecule has 0 saturated heterocycles. The van der Waals surface area contributed by atoms with Crippen LogP contribution in [0.3, 0.4) is 0 Å². The van der Waals surface area contributed by atoms with Crippen molar-refractivity contribution in [3.05, 3.63) is 48.2 Å².